The van der Waals surface area contributed by atoms with Crippen LogP contribution in [0.4, 0.5) is 0 Å². The lowest BCUT2D eigenvalue weighted by atomic mass is 10.1. The molecule has 0 atom stereocenters. The number of carbonyl (C=O) groups is 1. The van der Waals surface area contributed by atoms with Crippen LogP contribution < -0.4 is 0 Å². The monoisotopic (exact) mass is 415 g/mol. The first kappa shape index (κ1) is 19.3. The van der Waals surface area contributed by atoms with Crippen molar-refractivity contribution in [2.45, 2.75) is 6.42 Å². The minimum atomic E-state index is -0.0766. The van der Waals surface area contributed by atoms with E-state index in [2.05, 4.69) is 5.92 Å². The van der Waals surface area contributed by atoms with Crippen molar-refractivity contribution in [1.82, 2.24) is 4.90 Å². The van der Waals surface area contributed by atoms with E-state index in [1.807, 2.05) is 66.7 Å². The molecule has 1 aliphatic rings. The van der Waals surface area contributed by atoms with E-state index in [1.165, 1.54) is 17.3 Å². The van der Waals surface area contributed by atoms with Gasteiger partial charge in [0, 0.05) is 23.7 Å². The molecule has 3 nitrogen and oxygen atoms in total. The molecular weight excluding hydrogens is 398 g/mol. The number of hydrogen-bond acceptors (Lipinski definition) is 4. The van der Waals surface area contributed by atoms with Gasteiger partial charge in [0.25, 0.3) is 5.91 Å². The molecule has 1 aromatic heterocycles. The van der Waals surface area contributed by atoms with Gasteiger partial charge in [0.2, 0.25) is 0 Å². The number of rotatable bonds is 5. The van der Waals surface area contributed by atoms with Crippen LogP contribution in [0.2, 0.25) is 0 Å². The number of furan rings is 1. The van der Waals surface area contributed by atoms with Crippen molar-refractivity contribution >= 4 is 40.3 Å². The highest BCUT2D eigenvalue weighted by atomic mass is 32.2. The number of terminal acetylenes is 1. The van der Waals surface area contributed by atoms with Gasteiger partial charge >= 0.3 is 0 Å². The maximum Gasteiger partial charge on any atom is 0.266 e. The first-order chi connectivity index (χ1) is 14.1. The van der Waals surface area contributed by atoms with Gasteiger partial charge in [-0.05, 0) is 36.2 Å². The predicted molar refractivity (Wildman–Crippen MR) is 122 cm³/mol. The van der Waals surface area contributed by atoms with Crippen molar-refractivity contribution < 1.29 is 9.21 Å². The van der Waals surface area contributed by atoms with Crippen molar-refractivity contribution in [3.63, 3.8) is 0 Å². The standard InChI is InChI=1S/C24H17NO2S2/c1-2-17-8-10-19(11-9-17)21-13-12-20(27-21)16-22-23(26)25(24(28)29-22)15-14-18-6-4-3-5-7-18/h1,3-13,16H,14-15H2/b22-16+. The van der Waals surface area contributed by atoms with Gasteiger partial charge in [0.05, 0.1) is 4.91 Å². The highest BCUT2D eigenvalue weighted by Gasteiger charge is 2.31. The molecule has 0 aliphatic carbocycles. The molecule has 0 unspecified atom stereocenters. The van der Waals surface area contributed by atoms with Crippen LogP contribution >= 0.6 is 24.0 Å². The smallest absolute Gasteiger partial charge is 0.266 e. The van der Waals surface area contributed by atoms with Crippen molar-refractivity contribution in [1.29, 1.82) is 0 Å². The number of carbonyl (C=O) groups excluding carboxylic acids is 1. The van der Waals surface area contributed by atoms with E-state index in [0.29, 0.717) is 21.5 Å². The Kier molecular flexibility index (Phi) is 5.66. The van der Waals surface area contributed by atoms with Gasteiger partial charge in [-0.1, -0.05) is 72.4 Å². The quantitative estimate of drug-likeness (QED) is 0.319. The average Bonchev–Trinajstić information content (AvgIpc) is 3.32. The molecule has 5 heteroatoms. The summed E-state index contributed by atoms with van der Waals surface area (Å²) in [6.45, 7) is 0.566. The topological polar surface area (TPSA) is 33.5 Å². The maximum absolute atomic E-state index is 12.8. The zero-order valence-electron chi connectivity index (χ0n) is 15.5. The Balaban J connectivity index is 1.47. The van der Waals surface area contributed by atoms with Crippen LogP contribution in [0, 0.1) is 12.3 Å². The number of benzene rings is 2. The van der Waals surface area contributed by atoms with Gasteiger partial charge in [-0.3, -0.25) is 9.69 Å². The second-order valence-corrected chi connectivity index (χ2v) is 8.17. The van der Waals surface area contributed by atoms with Crippen molar-refractivity contribution in [3.05, 3.63) is 88.5 Å². The first-order valence-corrected chi connectivity index (χ1v) is 10.3. The molecule has 2 heterocycles. The van der Waals surface area contributed by atoms with Crippen molar-refractivity contribution in [2.75, 3.05) is 6.54 Å². The molecule has 0 bridgehead atoms. The van der Waals surface area contributed by atoms with Crippen LogP contribution in [0.5, 0.6) is 0 Å². The lowest BCUT2D eigenvalue weighted by Gasteiger charge is -2.14. The summed E-state index contributed by atoms with van der Waals surface area (Å²) in [6, 6.07) is 21.4. The van der Waals surface area contributed by atoms with E-state index in [9.17, 15) is 4.79 Å². The summed E-state index contributed by atoms with van der Waals surface area (Å²) in [5.74, 6) is 3.86. The largest absolute Gasteiger partial charge is 0.457 e. The summed E-state index contributed by atoms with van der Waals surface area (Å²) < 4.78 is 6.48. The fourth-order valence-electron chi connectivity index (χ4n) is 3.02. The van der Waals surface area contributed by atoms with E-state index in [1.54, 1.807) is 11.0 Å². The van der Waals surface area contributed by atoms with Crippen LogP contribution in [0.25, 0.3) is 17.4 Å². The molecule has 1 fully saturated rings. The zero-order chi connectivity index (χ0) is 20.2. The van der Waals surface area contributed by atoms with E-state index in [-0.39, 0.29) is 5.91 Å². The van der Waals surface area contributed by atoms with Crippen LogP contribution in [-0.4, -0.2) is 21.7 Å². The molecule has 4 rings (SSSR count). The zero-order valence-corrected chi connectivity index (χ0v) is 17.1. The fraction of sp³-hybridized carbons (Fsp3) is 0.0833. The molecule has 1 amide bonds. The maximum atomic E-state index is 12.8. The Labute approximate surface area is 179 Å². The lowest BCUT2D eigenvalue weighted by molar-refractivity contribution is -0.122. The summed E-state index contributed by atoms with van der Waals surface area (Å²) in [6.07, 6.45) is 7.91. The normalized spacial score (nSPS) is 15.1. The Bertz CT molecular complexity index is 1120. The van der Waals surface area contributed by atoms with Gasteiger partial charge in [-0.25, -0.2) is 0 Å². The molecule has 2 aromatic carbocycles. The summed E-state index contributed by atoms with van der Waals surface area (Å²) in [4.78, 5) is 15.0. The Morgan fingerprint density at radius 1 is 1.07 bits per heavy atom. The predicted octanol–water partition coefficient (Wildman–Crippen LogP) is 5.37. The second-order valence-electron chi connectivity index (χ2n) is 6.49. The molecule has 142 valence electrons. The van der Waals surface area contributed by atoms with Crippen LogP contribution in [0.1, 0.15) is 16.9 Å². The van der Waals surface area contributed by atoms with Gasteiger partial charge < -0.3 is 4.42 Å². The first-order valence-electron chi connectivity index (χ1n) is 9.10. The third-order valence-corrected chi connectivity index (χ3v) is 5.95. The molecule has 0 radical (unpaired) electrons. The average molecular weight is 416 g/mol. The van der Waals surface area contributed by atoms with Gasteiger partial charge in [-0.15, -0.1) is 6.42 Å². The summed E-state index contributed by atoms with van der Waals surface area (Å²) in [5.41, 5.74) is 2.93. The van der Waals surface area contributed by atoms with E-state index in [0.717, 1.165) is 23.3 Å². The van der Waals surface area contributed by atoms with Crippen LogP contribution in [0.3, 0.4) is 0 Å². The number of hydrogen-bond donors (Lipinski definition) is 0. The Morgan fingerprint density at radius 2 is 1.83 bits per heavy atom. The lowest BCUT2D eigenvalue weighted by Crippen LogP contribution is -2.30. The van der Waals surface area contributed by atoms with Gasteiger partial charge in [-0.2, -0.15) is 0 Å². The molecule has 0 saturated carbocycles. The van der Waals surface area contributed by atoms with Crippen molar-refractivity contribution in [2.24, 2.45) is 0 Å². The van der Waals surface area contributed by atoms with Gasteiger partial charge in [0.15, 0.2) is 0 Å². The third-order valence-electron chi connectivity index (χ3n) is 4.58. The van der Waals surface area contributed by atoms with Crippen LogP contribution in [-0.2, 0) is 11.2 Å². The molecule has 0 spiro atoms. The van der Waals surface area contributed by atoms with Crippen LogP contribution in [0.15, 0.2) is 76.1 Å². The SMILES string of the molecule is C#Cc1ccc(-c2ccc(/C=C3/SC(=S)N(CCc4ccccc4)C3=O)o2)cc1. The Hall–Kier alpha value is -3.07. The number of nitrogens with zero attached hydrogens (tertiary/aromatic N) is 1. The number of thioether (sulfide) groups is 1. The minimum absolute atomic E-state index is 0.0766. The molecule has 3 aromatic rings. The molecule has 1 saturated heterocycles. The molecule has 1 aliphatic heterocycles. The summed E-state index contributed by atoms with van der Waals surface area (Å²) in [5, 5.41) is 0. The highest BCUT2D eigenvalue weighted by molar-refractivity contribution is 8.26. The third kappa shape index (κ3) is 4.34. The number of amides is 1. The van der Waals surface area contributed by atoms with Gasteiger partial charge in [0.1, 0.15) is 15.8 Å². The second kappa shape index (κ2) is 8.52. The highest BCUT2D eigenvalue weighted by Crippen LogP contribution is 2.33. The summed E-state index contributed by atoms with van der Waals surface area (Å²) in [7, 11) is 0. The molecule has 0 N–H and O–H groups in total. The molecular formula is C24H17NO2S2. The Morgan fingerprint density at radius 3 is 2.55 bits per heavy atom. The fourth-order valence-corrected chi connectivity index (χ4v) is 4.31. The molecule has 29 heavy (non-hydrogen) atoms. The van der Waals surface area contributed by atoms with E-state index in [4.69, 9.17) is 23.1 Å². The van der Waals surface area contributed by atoms with E-state index >= 15 is 0 Å². The van der Waals surface area contributed by atoms with Crippen molar-refractivity contribution in [3.8, 4) is 23.7 Å². The van der Waals surface area contributed by atoms with E-state index < -0.39 is 0 Å². The summed E-state index contributed by atoms with van der Waals surface area (Å²) >= 11 is 6.72. The minimum Gasteiger partial charge on any atom is -0.457 e. The number of thiocarbonyl (C=S) groups is 1.